The smallest absolute Gasteiger partial charge is 0.275 e. The van der Waals surface area contributed by atoms with Crippen LogP contribution in [0.15, 0.2) is 34.9 Å². The molecule has 0 radical (unpaired) electrons. The Morgan fingerprint density at radius 2 is 2.10 bits per heavy atom. The normalized spacial score (nSPS) is 10.6. The van der Waals surface area contributed by atoms with E-state index in [4.69, 9.17) is 5.11 Å². The largest absolute Gasteiger partial charge is 0.395 e. The number of amides is 1. The van der Waals surface area contributed by atoms with Gasteiger partial charge in [-0.2, -0.15) is 5.10 Å². The van der Waals surface area contributed by atoms with Gasteiger partial charge in [-0.3, -0.25) is 4.79 Å². The van der Waals surface area contributed by atoms with Gasteiger partial charge in [0.15, 0.2) is 5.69 Å². The molecule has 0 unspecified atom stereocenters. The van der Waals surface area contributed by atoms with Gasteiger partial charge in [-0.05, 0) is 40.2 Å². The first-order valence-corrected chi connectivity index (χ1v) is 6.69. The Morgan fingerprint density at radius 1 is 1.45 bits per heavy atom. The van der Waals surface area contributed by atoms with Crippen molar-refractivity contribution in [3.63, 3.8) is 0 Å². The molecule has 2 rings (SSSR count). The molecule has 1 aromatic heterocycles. The molecule has 106 valence electrons. The molecule has 5 nitrogen and oxygen atoms in total. The third kappa shape index (κ3) is 3.05. The number of rotatable bonds is 4. The molecule has 7 heteroatoms. The fourth-order valence-electron chi connectivity index (χ4n) is 1.66. The third-order valence-corrected chi connectivity index (χ3v) is 3.33. The minimum absolute atomic E-state index is 0.113. The second-order valence-electron chi connectivity index (χ2n) is 4.20. The zero-order valence-corrected chi connectivity index (χ0v) is 12.3. The summed E-state index contributed by atoms with van der Waals surface area (Å²) in [6.07, 6.45) is 1.63. The lowest BCUT2D eigenvalue weighted by Gasteiger charge is -2.13. The number of aliphatic hydroxyl groups excluding tert-OH is 1. The number of carbonyl (C=O) groups excluding carboxylic acids is 1. The van der Waals surface area contributed by atoms with Crippen molar-refractivity contribution in [3.05, 3.63) is 46.4 Å². The van der Waals surface area contributed by atoms with E-state index >= 15 is 0 Å². The fourth-order valence-corrected chi connectivity index (χ4v) is 2.10. The maximum atomic E-state index is 12.9. The number of benzene rings is 1. The maximum Gasteiger partial charge on any atom is 0.275 e. The maximum absolute atomic E-state index is 12.9. The van der Waals surface area contributed by atoms with E-state index in [9.17, 15) is 9.18 Å². The van der Waals surface area contributed by atoms with Gasteiger partial charge in [-0.25, -0.2) is 9.07 Å². The van der Waals surface area contributed by atoms with Gasteiger partial charge in [0.25, 0.3) is 5.91 Å². The van der Waals surface area contributed by atoms with Crippen LogP contribution in [0.2, 0.25) is 0 Å². The summed E-state index contributed by atoms with van der Waals surface area (Å²) in [6.45, 7) is 0.118. The molecule has 0 bridgehead atoms. The molecule has 1 heterocycles. The molecule has 0 saturated carbocycles. The van der Waals surface area contributed by atoms with E-state index in [2.05, 4.69) is 21.0 Å². The average Bonchev–Trinajstić information content (AvgIpc) is 2.81. The first-order valence-electron chi connectivity index (χ1n) is 5.90. The van der Waals surface area contributed by atoms with Gasteiger partial charge < -0.3 is 10.0 Å². The summed E-state index contributed by atoms with van der Waals surface area (Å²) in [5.74, 6) is -0.634. The topological polar surface area (TPSA) is 58.4 Å². The molecular weight excluding hydrogens is 329 g/mol. The number of hydrogen-bond donors (Lipinski definition) is 1. The van der Waals surface area contributed by atoms with Crippen molar-refractivity contribution in [1.82, 2.24) is 14.7 Å². The highest BCUT2D eigenvalue weighted by atomic mass is 79.9. The molecule has 0 aliphatic rings. The van der Waals surface area contributed by atoms with E-state index in [1.165, 1.54) is 21.7 Å². The van der Waals surface area contributed by atoms with Gasteiger partial charge >= 0.3 is 0 Å². The second-order valence-corrected chi connectivity index (χ2v) is 5.05. The number of aliphatic hydroxyl groups is 1. The predicted molar refractivity (Wildman–Crippen MR) is 75.3 cm³/mol. The van der Waals surface area contributed by atoms with Gasteiger partial charge in [0.1, 0.15) is 5.82 Å². The minimum atomic E-state index is -0.334. The van der Waals surface area contributed by atoms with Gasteiger partial charge in [0.05, 0.1) is 16.8 Å². The highest BCUT2D eigenvalue weighted by molar-refractivity contribution is 9.10. The van der Waals surface area contributed by atoms with Crippen molar-refractivity contribution in [2.45, 2.75) is 0 Å². The highest BCUT2D eigenvalue weighted by Gasteiger charge is 2.19. The van der Waals surface area contributed by atoms with E-state index < -0.39 is 0 Å². The molecular formula is C13H13BrFN3O2. The molecule has 0 spiro atoms. The first-order chi connectivity index (χ1) is 9.52. The summed E-state index contributed by atoms with van der Waals surface area (Å²) >= 11 is 3.28. The summed E-state index contributed by atoms with van der Waals surface area (Å²) in [6, 6.07) is 5.79. The number of aromatic nitrogens is 2. The van der Waals surface area contributed by atoms with Crippen LogP contribution < -0.4 is 0 Å². The standard InChI is InChI=1S/C13H13BrFN3O2/c1-17(6-7-19)13(20)12-11(14)8-18(16-12)10-4-2-9(15)3-5-10/h2-5,8,19H,6-7H2,1H3. The molecule has 0 fully saturated rings. The Bertz CT molecular complexity index is 613. The summed E-state index contributed by atoms with van der Waals surface area (Å²) < 4.78 is 14.9. The van der Waals surface area contributed by atoms with Crippen molar-refractivity contribution in [2.75, 3.05) is 20.2 Å². The molecule has 0 aliphatic heterocycles. The van der Waals surface area contributed by atoms with Gasteiger partial charge in [-0.1, -0.05) is 0 Å². The summed E-state index contributed by atoms with van der Waals surface area (Å²) in [5, 5.41) is 13.0. The Labute approximate surface area is 123 Å². The van der Waals surface area contributed by atoms with E-state index in [1.807, 2.05) is 0 Å². The lowest BCUT2D eigenvalue weighted by atomic mass is 10.3. The van der Waals surface area contributed by atoms with Crippen LogP contribution in [0.25, 0.3) is 5.69 Å². The van der Waals surface area contributed by atoms with E-state index in [-0.39, 0.29) is 30.6 Å². The van der Waals surface area contributed by atoms with E-state index in [0.717, 1.165) is 0 Å². The number of nitrogens with zero attached hydrogens (tertiary/aromatic N) is 3. The fraction of sp³-hybridized carbons (Fsp3) is 0.231. The van der Waals surface area contributed by atoms with Crippen molar-refractivity contribution < 1.29 is 14.3 Å². The summed E-state index contributed by atoms with van der Waals surface area (Å²) in [7, 11) is 1.59. The summed E-state index contributed by atoms with van der Waals surface area (Å²) in [4.78, 5) is 13.5. The van der Waals surface area contributed by atoms with Gasteiger partial charge in [-0.15, -0.1) is 0 Å². The number of carbonyl (C=O) groups is 1. The third-order valence-electron chi connectivity index (χ3n) is 2.75. The number of halogens is 2. The molecule has 1 N–H and O–H groups in total. The van der Waals surface area contributed by atoms with E-state index in [1.54, 1.807) is 25.4 Å². The molecule has 0 saturated heterocycles. The number of likely N-dealkylation sites (N-methyl/N-ethyl adjacent to an activating group) is 1. The van der Waals surface area contributed by atoms with Gasteiger partial charge in [0, 0.05) is 19.8 Å². The molecule has 0 atom stereocenters. The van der Waals surface area contributed by atoms with Crippen LogP contribution in [-0.2, 0) is 0 Å². The molecule has 1 amide bonds. The number of hydrogen-bond acceptors (Lipinski definition) is 3. The van der Waals surface area contributed by atoms with Crippen LogP contribution in [0.5, 0.6) is 0 Å². The van der Waals surface area contributed by atoms with Crippen molar-refractivity contribution in [2.24, 2.45) is 0 Å². The zero-order chi connectivity index (χ0) is 14.7. The van der Waals surface area contributed by atoms with Crippen molar-refractivity contribution in [3.8, 4) is 5.69 Å². The monoisotopic (exact) mass is 341 g/mol. The lowest BCUT2D eigenvalue weighted by Crippen LogP contribution is -2.30. The first kappa shape index (κ1) is 14.7. The van der Waals surface area contributed by atoms with Crippen molar-refractivity contribution in [1.29, 1.82) is 0 Å². The Hall–Kier alpha value is -1.73. The quantitative estimate of drug-likeness (QED) is 0.923. The van der Waals surface area contributed by atoms with Gasteiger partial charge in [0.2, 0.25) is 0 Å². The molecule has 2 aromatic rings. The van der Waals surface area contributed by atoms with Crippen LogP contribution >= 0.6 is 15.9 Å². The van der Waals surface area contributed by atoms with E-state index in [0.29, 0.717) is 10.2 Å². The van der Waals surface area contributed by atoms with Crippen LogP contribution in [0, 0.1) is 5.82 Å². The molecule has 0 aliphatic carbocycles. The minimum Gasteiger partial charge on any atom is -0.395 e. The second kappa shape index (κ2) is 6.15. The SMILES string of the molecule is CN(CCO)C(=O)c1nn(-c2ccc(F)cc2)cc1Br. The van der Waals surface area contributed by atoms with Crippen LogP contribution in [0.1, 0.15) is 10.5 Å². The zero-order valence-electron chi connectivity index (χ0n) is 10.8. The lowest BCUT2D eigenvalue weighted by molar-refractivity contribution is 0.0760. The Kier molecular flexibility index (Phi) is 4.51. The van der Waals surface area contributed by atoms with Crippen LogP contribution in [0.4, 0.5) is 4.39 Å². The van der Waals surface area contributed by atoms with Crippen molar-refractivity contribution >= 4 is 21.8 Å². The van der Waals surface area contributed by atoms with Crippen LogP contribution in [-0.4, -0.2) is 45.9 Å². The Morgan fingerprint density at radius 3 is 2.70 bits per heavy atom. The Balaban J connectivity index is 2.30. The molecule has 20 heavy (non-hydrogen) atoms. The highest BCUT2D eigenvalue weighted by Crippen LogP contribution is 2.19. The predicted octanol–water partition coefficient (Wildman–Crippen LogP) is 1.84. The molecule has 1 aromatic carbocycles. The average molecular weight is 342 g/mol. The van der Waals surface area contributed by atoms with Crippen LogP contribution in [0.3, 0.4) is 0 Å². The summed E-state index contributed by atoms with van der Waals surface area (Å²) in [5.41, 5.74) is 0.890.